The van der Waals surface area contributed by atoms with Crippen LogP contribution in [0.2, 0.25) is 0 Å². The zero-order chi connectivity index (χ0) is 13.5. The molecule has 1 aromatic rings. The van der Waals surface area contributed by atoms with Crippen molar-refractivity contribution in [3.63, 3.8) is 0 Å². The molecule has 0 aliphatic heterocycles. The van der Waals surface area contributed by atoms with E-state index in [9.17, 15) is 4.79 Å². The molecule has 0 spiro atoms. The van der Waals surface area contributed by atoms with Crippen molar-refractivity contribution in [3.8, 4) is 0 Å². The van der Waals surface area contributed by atoms with Crippen molar-refractivity contribution in [2.24, 2.45) is 0 Å². The summed E-state index contributed by atoms with van der Waals surface area (Å²) in [7, 11) is 1.63. The van der Waals surface area contributed by atoms with E-state index in [4.69, 9.17) is 4.74 Å². The summed E-state index contributed by atoms with van der Waals surface area (Å²) < 4.78 is 4.94. The number of amides is 1. The smallest absolute Gasteiger partial charge is 0.270 e. The van der Waals surface area contributed by atoms with Gasteiger partial charge in [-0.15, -0.1) is 0 Å². The minimum absolute atomic E-state index is 0.0812. The number of methoxy groups -OCH3 is 1. The van der Waals surface area contributed by atoms with Gasteiger partial charge < -0.3 is 15.4 Å². The number of nitrogens with zero attached hydrogens (tertiary/aromatic N) is 2. The SMILES string of the molecule is COCCNc1cc(C(=O)NC(C)C)nc(C)n1. The van der Waals surface area contributed by atoms with Gasteiger partial charge in [-0.1, -0.05) is 0 Å². The number of carbonyl (C=O) groups is 1. The summed E-state index contributed by atoms with van der Waals surface area (Å²) in [5, 5.41) is 5.88. The lowest BCUT2D eigenvalue weighted by Gasteiger charge is -2.10. The fourth-order valence-corrected chi connectivity index (χ4v) is 1.39. The molecule has 0 saturated heterocycles. The first-order valence-corrected chi connectivity index (χ1v) is 5.92. The van der Waals surface area contributed by atoms with Crippen molar-refractivity contribution in [1.29, 1.82) is 0 Å². The van der Waals surface area contributed by atoms with Crippen molar-refractivity contribution < 1.29 is 9.53 Å². The normalized spacial score (nSPS) is 10.5. The number of nitrogens with one attached hydrogen (secondary N) is 2. The fourth-order valence-electron chi connectivity index (χ4n) is 1.39. The van der Waals surface area contributed by atoms with Crippen LogP contribution < -0.4 is 10.6 Å². The van der Waals surface area contributed by atoms with Crippen LogP contribution in [-0.4, -0.2) is 42.2 Å². The third kappa shape index (κ3) is 4.67. The van der Waals surface area contributed by atoms with E-state index < -0.39 is 0 Å². The monoisotopic (exact) mass is 252 g/mol. The molecule has 0 atom stereocenters. The molecule has 1 amide bonds. The average Bonchev–Trinajstić information content (AvgIpc) is 2.27. The number of hydrogen-bond acceptors (Lipinski definition) is 5. The van der Waals surface area contributed by atoms with E-state index in [0.29, 0.717) is 30.5 Å². The number of anilines is 1. The van der Waals surface area contributed by atoms with E-state index in [0.717, 1.165) is 0 Å². The van der Waals surface area contributed by atoms with Gasteiger partial charge in [-0.25, -0.2) is 9.97 Å². The maximum atomic E-state index is 11.8. The van der Waals surface area contributed by atoms with Crippen molar-refractivity contribution in [3.05, 3.63) is 17.6 Å². The van der Waals surface area contributed by atoms with Gasteiger partial charge in [-0.2, -0.15) is 0 Å². The molecule has 18 heavy (non-hydrogen) atoms. The van der Waals surface area contributed by atoms with Crippen LogP contribution in [0.5, 0.6) is 0 Å². The molecule has 1 rings (SSSR count). The Bertz CT molecular complexity index is 407. The Kier molecular flexibility index (Phi) is 5.51. The van der Waals surface area contributed by atoms with Crippen LogP contribution in [0.1, 0.15) is 30.2 Å². The molecule has 6 nitrogen and oxygen atoms in total. The van der Waals surface area contributed by atoms with Gasteiger partial charge in [0, 0.05) is 25.8 Å². The van der Waals surface area contributed by atoms with Gasteiger partial charge in [-0.3, -0.25) is 4.79 Å². The molecule has 0 bridgehead atoms. The van der Waals surface area contributed by atoms with Crippen LogP contribution in [0.3, 0.4) is 0 Å². The molecular formula is C12H20N4O2. The zero-order valence-electron chi connectivity index (χ0n) is 11.3. The van der Waals surface area contributed by atoms with E-state index >= 15 is 0 Å². The first-order valence-electron chi connectivity index (χ1n) is 5.92. The second-order valence-corrected chi connectivity index (χ2v) is 4.23. The van der Waals surface area contributed by atoms with Crippen molar-refractivity contribution in [2.45, 2.75) is 26.8 Å². The highest BCUT2D eigenvalue weighted by Gasteiger charge is 2.11. The van der Waals surface area contributed by atoms with Gasteiger partial charge >= 0.3 is 0 Å². The Morgan fingerprint density at radius 1 is 1.44 bits per heavy atom. The van der Waals surface area contributed by atoms with E-state index in [1.165, 1.54) is 0 Å². The first kappa shape index (κ1) is 14.4. The van der Waals surface area contributed by atoms with E-state index in [1.807, 2.05) is 13.8 Å². The zero-order valence-corrected chi connectivity index (χ0v) is 11.3. The standard InChI is InChI=1S/C12H20N4O2/c1-8(2)14-12(17)10-7-11(13-5-6-18-4)16-9(3)15-10/h7-8H,5-6H2,1-4H3,(H,14,17)(H,13,15,16). The molecule has 0 aromatic carbocycles. The van der Waals surface area contributed by atoms with Gasteiger partial charge in [0.05, 0.1) is 6.61 Å². The third-order valence-electron chi connectivity index (χ3n) is 2.10. The van der Waals surface area contributed by atoms with Crippen LogP contribution in [0.25, 0.3) is 0 Å². The number of aromatic nitrogens is 2. The van der Waals surface area contributed by atoms with Crippen LogP contribution in [-0.2, 0) is 4.74 Å². The first-order chi connectivity index (χ1) is 8.52. The quantitative estimate of drug-likeness (QED) is 0.738. The van der Waals surface area contributed by atoms with Crippen molar-refractivity contribution in [1.82, 2.24) is 15.3 Å². The fraction of sp³-hybridized carbons (Fsp3) is 0.583. The summed E-state index contributed by atoms with van der Waals surface area (Å²) in [6, 6.07) is 1.72. The molecule has 0 aliphatic carbocycles. The number of rotatable bonds is 6. The predicted octanol–water partition coefficient (Wildman–Crippen LogP) is 0.982. The van der Waals surface area contributed by atoms with Crippen molar-refractivity contribution >= 4 is 11.7 Å². The van der Waals surface area contributed by atoms with E-state index in [2.05, 4.69) is 20.6 Å². The summed E-state index contributed by atoms with van der Waals surface area (Å²) in [5.41, 5.74) is 0.371. The molecule has 2 N–H and O–H groups in total. The van der Waals surface area contributed by atoms with Gasteiger partial charge in [0.25, 0.3) is 5.91 Å². The third-order valence-corrected chi connectivity index (χ3v) is 2.10. The number of carbonyl (C=O) groups excluding carboxylic acids is 1. The summed E-state index contributed by atoms with van der Waals surface area (Å²) in [6.45, 7) is 6.79. The van der Waals surface area contributed by atoms with E-state index in [-0.39, 0.29) is 11.9 Å². The molecule has 1 heterocycles. The van der Waals surface area contributed by atoms with Gasteiger partial charge in [0.1, 0.15) is 17.3 Å². The highest BCUT2D eigenvalue weighted by atomic mass is 16.5. The topological polar surface area (TPSA) is 76.1 Å². The van der Waals surface area contributed by atoms with Crippen molar-refractivity contribution in [2.75, 3.05) is 25.6 Å². The second kappa shape index (κ2) is 6.90. The molecule has 0 fully saturated rings. The molecular weight excluding hydrogens is 232 g/mol. The summed E-state index contributed by atoms with van der Waals surface area (Å²) in [6.07, 6.45) is 0. The largest absolute Gasteiger partial charge is 0.383 e. The lowest BCUT2D eigenvalue weighted by molar-refractivity contribution is 0.0937. The lowest BCUT2D eigenvalue weighted by Crippen LogP contribution is -2.31. The average molecular weight is 252 g/mol. The summed E-state index contributed by atoms with van der Waals surface area (Å²) >= 11 is 0. The van der Waals surface area contributed by atoms with Crippen LogP contribution >= 0.6 is 0 Å². The molecule has 6 heteroatoms. The summed E-state index contributed by atoms with van der Waals surface area (Å²) in [5.74, 6) is 1.00. The Hall–Kier alpha value is -1.69. The van der Waals surface area contributed by atoms with E-state index in [1.54, 1.807) is 20.1 Å². The van der Waals surface area contributed by atoms with Gasteiger partial charge in [0.15, 0.2) is 0 Å². The number of aryl methyl sites for hydroxylation is 1. The Morgan fingerprint density at radius 2 is 2.17 bits per heavy atom. The lowest BCUT2D eigenvalue weighted by atomic mass is 10.3. The molecule has 0 saturated carbocycles. The van der Waals surface area contributed by atoms with Gasteiger partial charge in [0.2, 0.25) is 0 Å². The van der Waals surface area contributed by atoms with Crippen LogP contribution in [0, 0.1) is 6.92 Å². The minimum atomic E-state index is -0.190. The maximum absolute atomic E-state index is 11.8. The molecule has 1 aromatic heterocycles. The molecule has 0 aliphatic rings. The summed E-state index contributed by atoms with van der Waals surface area (Å²) in [4.78, 5) is 20.2. The van der Waals surface area contributed by atoms with Crippen LogP contribution in [0.15, 0.2) is 6.07 Å². The highest BCUT2D eigenvalue weighted by Crippen LogP contribution is 2.06. The highest BCUT2D eigenvalue weighted by molar-refractivity contribution is 5.93. The second-order valence-electron chi connectivity index (χ2n) is 4.23. The maximum Gasteiger partial charge on any atom is 0.270 e. The molecule has 0 radical (unpaired) electrons. The van der Waals surface area contributed by atoms with Crippen LogP contribution in [0.4, 0.5) is 5.82 Å². The predicted molar refractivity (Wildman–Crippen MR) is 69.7 cm³/mol. The molecule has 100 valence electrons. The minimum Gasteiger partial charge on any atom is -0.383 e. The Labute approximate surface area is 107 Å². The number of hydrogen-bond donors (Lipinski definition) is 2. The molecule has 0 unspecified atom stereocenters. The Balaban J connectivity index is 2.76. The Morgan fingerprint density at radius 3 is 2.78 bits per heavy atom. The van der Waals surface area contributed by atoms with Gasteiger partial charge in [-0.05, 0) is 20.8 Å². The number of ether oxygens (including phenoxy) is 1.